The fourth-order valence-electron chi connectivity index (χ4n) is 1.83. The van der Waals surface area contributed by atoms with Crippen molar-refractivity contribution in [2.24, 2.45) is 0 Å². The Kier molecular flexibility index (Phi) is 4.07. The molecule has 0 radical (unpaired) electrons. The number of para-hydroxylation sites is 1. The Bertz CT molecular complexity index is 580. The first kappa shape index (κ1) is 12.7. The fraction of sp³-hybridized carbons (Fsp3) is 0.385. The minimum absolute atomic E-state index is 0.0968. The molecule has 1 aromatic carbocycles. The number of nitrogens with one attached hydrogen (secondary N) is 1. The van der Waals surface area contributed by atoms with E-state index in [2.05, 4.69) is 9.97 Å². The van der Waals surface area contributed by atoms with Gasteiger partial charge in [-0.1, -0.05) is 12.1 Å². The van der Waals surface area contributed by atoms with Gasteiger partial charge in [0.1, 0.15) is 5.82 Å². The molecule has 18 heavy (non-hydrogen) atoms. The molecule has 5 nitrogen and oxygen atoms in total. The predicted octanol–water partition coefficient (Wildman–Crippen LogP) is 0.390. The summed E-state index contributed by atoms with van der Waals surface area (Å²) in [6, 6.07) is 7.30. The smallest absolute Gasteiger partial charge is 0.258 e. The first-order valence-electron chi connectivity index (χ1n) is 5.98. The van der Waals surface area contributed by atoms with E-state index in [1.165, 1.54) is 0 Å². The number of aromatic nitrogens is 2. The summed E-state index contributed by atoms with van der Waals surface area (Å²) in [5.74, 6) is 0.684. The van der Waals surface area contributed by atoms with Crippen LogP contribution in [-0.4, -0.2) is 46.7 Å². The van der Waals surface area contributed by atoms with Crippen LogP contribution >= 0.6 is 0 Å². The highest BCUT2D eigenvalue weighted by Crippen LogP contribution is 2.05. The van der Waals surface area contributed by atoms with E-state index in [4.69, 9.17) is 5.11 Å². The largest absolute Gasteiger partial charge is 0.395 e. The molecule has 0 saturated carbocycles. The highest BCUT2D eigenvalue weighted by molar-refractivity contribution is 5.77. The first-order valence-corrected chi connectivity index (χ1v) is 5.98. The average Bonchev–Trinajstić information content (AvgIpc) is 2.37. The number of fused-ring (bicyclic) bond motifs is 1. The van der Waals surface area contributed by atoms with Crippen molar-refractivity contribution < 1.29 is 5.11 Å². The third-order valence-corrected chi connectivity index (χ3v) is 2.87. The number of H-pyrrole nitrogens is 1. The molecule has 0 aliphatic rings. The molecule has 2 N–H and O–H groups in total. The van der Waals surface area contributed by atoms with Crippen LogP contribution in [0.2, 0.25) is 0 Å². The van der Waals surface area contributed by atoms with Crippen molar-refractivity contribution >= 4 is 10.9 Å². The van der Waals surface area contributed by atoms with Gasteiger partial charge in [0.2, 0.25) is 0 Å². The van der Waals surface area contributed by atoms with Crippen molar-refractivity contribution in [1.82, 2.24) is 14.9 Å². The molecule has 2 rings (SSSR count). The van der Waals surface area contributed by atoms with Gasteiger partial charge in [0.15, 0.2) is 0 Å². The zero-order valence-corrected chi connectivity index (χ0v) is 10.4. The van der Waals surface area contributed by atoms with Gasteiger partial charge in [0, 0.05) is 19.5 Å². The molecule has 1 aromatic heterocycles. The standard InChI is InChI=1S/C13H17N3O2/c1-16(8-9-17)7-6-12-14-11-5-3-2-4-10(11)13(18)15-12/h2-5,17H,6-9H2,1H3,(H,14,15,18). The molecule has 0 spiro atoms. The molecule has 0 saturated heterocycles. The van der Waals surface area contributed by atoms with Crippen LogP contribution in [0.3, 0.4) is 0 Å². The Labute approximate surface area is 105 Å². The highest BCUT2D eigenvalue weighted by atomic mass is 16.3. The number of aromatic amines is 1. The van der Waals surface area contributed by atoms with Crippen LogP contribution in [0.4, 0.5) is 0 Å². The topological polar surface area (TPSA) is 69.2 Å². The number of likely N-dealkylation sites (N-methyl/N-ethyl adjacent to an activating group) is 1. The lowest BCUT2D eigenvalue weighted by Gasteiger charge is -2.14. The van der Waals surface area contributed by atoms with Gasteiger partial charge in [-0.15, -0.1) is 0 Å². The van der Waals surface area contributed by atoms with E-state index in [0.29, 0.717) is 24.2 Å². The minimum atomic E-state index is -0.0968. The molecule has 0 aliphatic carbocycles. The Morgan fingerprint density at radius 2 is 2.11 bits per heavy atom. The van der Waals surface area contributed by atoms with Crippen LogP contribution in [0.25, 0.3) is 10.9 Å². The summed E-state index contributed by atoms with van der Waals surface area (Å²) in [6.45, 7) is 1.51. The van der Waals surface area contributed by atoms with Crippen LogP contribution in [-0.2, 0) is 6.42 Å². The van der Waals surface area contributed by atoms with Gasteiger partial charge in [0.05, 0.1) is 17.5 Å². The Morgan fingerprint density at radius 3 is 2.89 bits per heavy atom. The zero-order valence-electron chi connectivity index (χ0n) is 10.4. The zero-order chi connectivity index (χ0) is 13.0. The van der Waals surface area contributed by atoms with Crippen molar-refractivity contribution in [2.75, 3.05) is 26.7 Å². The van der Waals surface area contributed by atoms with Gasteiger partial charge in [-0.3, -0.25) is 4.79 Å². The van der Waals surface area contributed by atoms with Gasteiger partial charge < -0.3 is 15.0 Å². The molecule has 0 unspecified atom stereocenters. The molecule has 2 aromatic rings. The number of aliphatic hydroxyl groups is 1. The molecule has 0 amide bonds. The van der Waals surface area contributed by atoms with Crippen molar-refractivity contribution in [2.45, 2.75) is 6.42 Å². The number of benzene rings is 1. The van der Waals surface area contributed by atoms with E-state index in [1.807, 2.05) is 30.1 Å². The SMILES string of the molecule is CN(CCO)CCc1nc2ccccc2c(=O)[nH]1. The highest BCUT2D eigenvalue weighted by Gasteiger charge is 2.04. The summed E-state index contributed by atoms with van der Waals surface area (Å²) < 4.78 is 0. The van der Waals surface area contributed by atoms with E-state index >= 15 is 0 Å². The molecule has 0 atom stereocenters. The molecule has 1 heterocycles. The summed E-state index contributed by atoms with van der Waals surface area (Å²) >= 11 is 0. The minimum Gasteiger partial charge on any atom is -0.395 e. The van der Waals surface area contributed by atoms with E-state index in [-0.39, 0.29) is 12.2 Å². The number of rotatable bonds is 5. The summed E-state index contributed by atoms with van der Waals surface area (Å²) in [5.41, 5.74) is 0.626. The van der Waals surface area contributed by atoms with Crippen LogP contribution in [0.1, 0.15) is 5.82 Å². The molecule has 96 valence electrons. The number of hydrogen-bond acceptors (Lipinski definition) is 4. The number of nitrogens with zero attached hydrogens (tertiary/aromatic N) is 2. The van der Waals surface area contributed by atoms with Crippen molar-refractivity contribution in [3.05, 3.63) is 40.4 Å². The quantitative estimate of drug-likeness (QED) is 0.802. The van der Waals surface area contributed by atoms with Gasteiger partial charge in [0.25, 0.3) is 5.56 Å². The second-order valence-electron chi connectivity index (χ2n) is 4.31. The summed E-state index contributed by atoms with van der Waals surface area (Å²) in [4.78, 5) is 21.0. The predicted molar refractivity (Wildman–Crippen MR) is 70.7 cm³/mol. The third-order valence-electron chi connectivity index (χ3n) is 2.87. The monoisotopic (exact) mass is 247 g/mol. The maximum atomic E-state index is 11.8. The lowest BCUT2D eigenvalue weighted by molar-refractivity contribution is 0.222. The number of aliphatic hydroxyl groups excluding tert-OH is 1. The van der Waals surface area contributed by atoms with E-state index in [9.17, 15) is 4.79 Å². The maximum absolute atomic E-state index is 11.8. The van der Waals surface area contributed by atoms with E-state index < -0.39 is 0 Å². The summed E-state index contributed by atoms with van der Waals surface area (Å²) in [5, 5.41) is 9.42. The van der Waals surface area contributed by atoms with Crippen molar-refractivity contribution in [1.29, 1.82) is 0 Å². The molecular weight excluding hydrogens is 230 g/mol. The second-order valence-corrected chi connectivity index (χ2v) is 4.31. The second kappa shape index (κ2) is 5.75. The lowest BCUT2D eigenvalue weighted by Crippen LogP contribution is -2.25. The number of hydrogen-bond donors (Lipinski definition) is 2. The third kappa shape index (κ3) is 2.94. The fourth-order valence-corrected chi connectivity index (χ4v) is 1.83. The first-order chi connectivity index (χ1) is 8.70. The van der Waals surface area contributed by atoms with Gasteiger partial charge in [-0.05, 0) is 19.2 Å². The van der Waals surface area contributed by atoms with Gasteiger partial charge >= 0.3 is 0 Å². The van der Waals surface area contributed by atoms with Crippen molar-refractivity contribution in [3.8, 4) is 0 Å². The Balaban J connectivity index is 2.17. The summed E-state index contributed by atoms with van der Waals surface area (Å²) in [6.07, 6.45) is 0.663. The van der Waals surface area contributed by atoms with Crippen molar-refractivity contribution in [3.63, 3.8) is 0 Å². The Morgan fingerprint density at radius 1 is 1.33 bits per heavy atom. The van der Waals surface area contributed by atoms with Gasteiger partial charge in [-0.25, -0.2) is 4.98 Å². The lowest BCUT2D eigenvalue weighted by atomic mass is 10.2. The van der Waals surface area contributed by atoms with Gasteiger partial charge in [-0.2, -0.15) is 0 Å². The normalized spacial score (nSPS) is 11.3. The molecule has 0 fully saturated rings. The summed E-state index contributed by atoms with van der Waals surface area (Å²) in [7, 11) is 1.93. The Hall–Kier alpha value is -1.72. The molecular formula is C13H17N3O2. The van der Waals surface area contributed by atoms with E-state index in [0.717, 1.165) is 12.1 Å². The molecule has 0 aliphatic heterocycles. The van der Waals surface area contributed by atoms with Crippen LogP contribution in [0.5, 0.6) is 0 Å². The van der Waals surface area contributed by atoms with Crippen LogP contribution in [0, 0.1) is 0 Å². The van der Waals surface area contributed by atoms with Crippen LogP contribution in [0.15, 0.2) is 29.1 Å². The average molecular weight is 247 g/mol. The van der Waals surface area contributed by atoms with E-state index in [1.54, 1.807) is 6.07 Å². The van der Waals surface area contributed by atoms with Crippen LogP contribution < -0.4 is 5.56 Å². The molecule has 5 heteroatoms. The maximum Gasteiger partial charge on any atom is 0.258 e. The molecule has 0 bridgehead atoms.